The van der Waals surface area contributed by atoms with Crippen molar-refractivity contribution in [2.45, 2.75) is 33.1 Å². The van der Waals surface area contributed by atoms with Crippen molar-refractivity contribution in [1.29, 1.82) is 0 Å². The first-order valence-corrected chi connectivity index (χ1v) is 6.08. The molecule has 1 aliphatic heterocycles. The molecule has 3 nitrogen and oxygen atoms in total. The van der Waals surface area contributed by atoms with Gasteiger partial charge in [-0.25, -0.2) is 0 Å². The Bertz CT molecular complexity index is 465. The second-order valence-electron chi connectivity index (χ2n) is 4.65. The maximum absolute atomic E-state index is 12.1. The third-order valence-corrected chi connectivity index (χ3v) is 3.18. The van der Waals surface area contributed by atoms with E-state index in [1.807, 2.05) is 19.1 Å². The second kappa shape index (κ2) is 4.70. The molecule has 17 heavy (non-hydrogen) atoms. The van der Waals surface area contributed by atoms with Crippen LogP contribution in [0.2, 0.25) is 0 Å². The maximum atomic E-state index is 12.1. The summed E-state index contributed by atoms with van der Waals surface area (Å²) in [6.45, 7) is 4.04. The number of rotatable bonds is 4. The predicted octanol–water partition coefficient (Wildman–Crippen LogP) is 2.80. The van der Waals surface area contributed by atoms with Crippen LogP contribution < -0.4 is 5.32 Å². The average Bonchev–Trinajstić information content (AvgIpc) is 2.67. The van der Waals surface area contributed by atoms with Gasteiger partial charge in [0.15, 0.2) is 5.78 Å². The predicted molar refractivity (Wildman–Crippen MR) is 67.2 cm³/mol. The fourth-order valence-corrected chi connectivity index (χ4v) is 2.23. The highest BCUT2D eigenvalue weighted by Crippen LogP contribution is 2.25. The topological polar surface area (TPSA) is 46.2 Å². The Balaban J connectivity index is 2.21. The highest BCUT2D eigenvalue weighted by molar-refractivity contribution is 6.02. The smallest absolute Gasteiger partial charge is 0.228 e. The molecule has 2 rings (SSSR count). The van der Waals surface area contributed by atoms with E-state index in [0.29, 0.717) is 6.42 Å². The molecule has 90 valence electrons. The first-order chi connectivity index (χ1) is 8.11. The van der Waals surface area contributed by atoms with E-state index in [2.05, 4.69) is 12.2 Å². The van der Waals surface area contributed by atoms with Crippen LogP contribution in [0.5, 0.6) is 0 Å². The number of hydrogen-bond donors (Lipinski definition) is 1. The van der Waals surface area contributed by atoms with E-state index in [-0.39, 0.29) is 17.6 Å². The first-order valence-electron chi connectivity index (χ1n) is 6.08. The van der Waals surface area contributed by atoms with Crippen molar-refractivity contribution in [2.75, 3.05) is 5.32 Å². The molecule has 3 heteroatoms. The standard InChI is InChI=1S/C14H17NO2/c1-3-4-9(2)14(17)10-5-6-12-11(7-10)8-13(16)15-12/h5-7,9H,3-4,8H2,1-2H3,(H,15,16). The van der Waals surface area contributed by atoms with Crippen molar-refractivity contribution < 1.29 is 9.59 Å². The van der Waals surface area contributed by atoms with Gasteiger partial charge in [-0.15, -0.1) is 0 Å². The lowest BCUT2D eigenvalue weighted by atomic mass is 9.94. The molecule has 0 saturated heterocycles. The fraction of sp³-hybridized carbons (Fsp3) is 0.429. The van der Waals surface area contributed by atoms with Crippen molar-refractivity contribution in [1.82, 2.24) is 0 Å². The van der Waals surface area contributed by atoms with Gasteiger partial charge >= 0.3 is 0 Å². The molecule has 0 saturated carbocycles. The second-order valence-corrected chi connectivity index (χ2v) is 4.65. The van der Waals surface area contributed by atoms with Crippen LogP contribution >= 0.6 is 0 Å². The summed E-state index contributed by atoms with van der Waals surface area (Å²) < 4.78 is 0. The zero-order valence-corrected chi connectivity index (χ0v) is 10.2. The summed E-state index contributed by atoms with van der Waals surface area (Å²) in [6, 6.07) is 5.48. The molecule has 1 aromatic carbocycles. The summed E-state index contributed by atoms with van der Waals surface area (Å²) in [5.41, 5.74) is 2.50. The molecule has 0 radical (unpaired) electrons. The van der Waals surface area contributed by atoms with Crippen molar-refractivity contribution in [3.05, 3.63) is 29.3 Å². The number of hydrogen-bond acceptors (Lipinski definition) is 2. The normalized spacial score (nSPS) is 15.3. The molecule has 0 fully saturated rings. The Morgan fingerprint density at radius 1 is 1.47 bits per heavy atom. The Hall–Kier alpha value is -1.64. The van der Waals surface area contributed by atoms with Crippen molar-refractivity contribution in [3.8, 4) is 0 Å². The zero-order valence-electron chi connectivity index (χ0n) is 10.2. The molecule has 1 aliphatic rings. The van der Waals surface area contributed by atoms with Gasteiger partial charge in [-0.2, -0.15) is 0 Å². The molecule has 1 atom stereocenters. The van der Waals surface area contributed by atoms with Gasteiger partial charge in [0.25, 0.3) is 0 Å². The highest BCUT2D eigenvalue weighted by atomic mass is 16.1. The number of carbonyl (C=O) groups is 2. The molecule has 0 bridgehead atoms. The first kappa shape index (κ1) is 11.8. The quantitative estimate of drug-likeness (QED) is 0.810. The minimum absolute atomic E-state index is 0.00575. The van der Waals surface area contributed by atoms with E-state index in [0.717, 1.165) is 29.7 Å². The van der Waals surface area contributed by atoms with E-state index >= 15 is 0 Å². The summed E-state index contributed by atoms with van der Waals surface area (Å²) in [7, 11) is 0. The Morgan fingerprint density at radius 3 is 2.94 bits per heavy atom. The summed E-state index contributed by atoms with van der Waals surface area (Å²) >= 11 is 0. The number of amides is 1. The van der Waals surface area contributed by atoms with Gasteiger partial charge in [0.2, 0.25) is 5.91 Å². The number of carbonyl (C=O) groups excluding carboxylic acids is 2. The number of anilines is 1. The molecule has 0 spiro atoms. The van der Waals surface area contributed by atoms with E-state index < -0.39 is 0 Å². The van der Waals surface area contributed by atoms with Crippen molar-refractivity contribution in [2.24, 2.45) is 5.92 Å². The largest absolute Gasteiger partial charge is 0.326 e. The minimum Gasteiger partial charge on any atom is -0.326 e. The maximum Gasteiger partial charge on any atom is 0.228 e. The molecule has 1 aromatic rings. The van der Waals surface area contributed by atoms with Crippen LogP contribution in [0.1, 0.15) is 42.6 Å². The summed E-state index contributed by atoms with van der Waals surface area (Å²) in [4.78, 5) is 23.3. The van der Waals surface area contributed by atoms with Gasteiger partial charge in [0.05, 0.1) is 6.42 Å². The molecule has 0 aliphatic carbocycles. The number of nitrogens with one attached hydrogen (secondary N) is 1. The van der Waals surface area contributed by atoms with Crippen molar-refractivity contribution >= 4 is 17.4 Å². The van der Waals surface area contributed by atoms with E-state index in [4.69, 9.17) is 0 Å². The van der Waals surface area contributed by atoms with Crippen LogP contribution in [0.4, 0.5) is 5.69 Å². The lowest BCUT2D eigenvalue weighted by Gasteiger charge is -2.09. The van der Waals surface area contributed by atoms with Gasteiger partial charge < -0.3 is 5.32 Å². The summed E-state index contributed by atoms with van der Waals surface area (Å²) in [6.07, 6.45) is 2.31. The number of Topliss-reactive ketones (excluding diaryl/α,β-unsaturated/α-hetero) is 1. The van der Waals surface area contributed by atoms with Crippen LogP contribution in [-0.4, -0.2) is 11.7 Å². The van der Waals surface area contributed by atoms with Crippen LogP contribution in [0, 0.1) is 5.92 Å². The Kier molecular flexibility index (Phi) is 3.27. The summed E-state index contributed by atoms with van der Waals surface area (Å²) in [5, 5.41) is 2.77. The van der Waals surface area contributed by atoms with Crippen LogP contribution in [0.3, 0.4) is 0 Å². The molecular formula is C14H17NO2. The zero-order chi connectivity index (χ0) is 12.4. The van der Waals surface area contributed by atoms with Gasteiger partial charge in [-0.3, -0.25) is 9.59 Å². The number of benzene rings is 1. The third-order valence-electron chi connectivity index (χ3n) is 3.18. The molecule has 0 aromatic heterocycles. The monoisotopic (exact) mass is 231 g/mol. The van der Waals surface area contributed by atoms with Crippen molar-refractivity contribution in [3.63, 3.8) is 0 Å². The summed E-state index contributed by atoms with van der Waals surface area (Å²) in [5.74, 6) is 0.239. The molecule has 1 unspecified atom stereocenters. The van der Waals surface area contributed by atoms with Gasteiger partial charge in [-0.05, 0) is 30.2 Å². The van der Waals surface area contributed by atoms with E-state index in [9.17, 15) is 9.59 Å². The number of ketones is 1. The van der Waals surface area contributed by atoms with E-state index in [1.165, 1.54) is 0 Å². The highest BCUT2D eigenvalue weighted by Gasteiger charge is 2.20. The van der Waals surface area contributed by atoms with Crippen LogP contribution in [0.25, 0.3) is 0 Å². The number of fused-ring (bicyclic) bond motifs is 1. The molecule has 1 amide bonds. The lowest BCUT2D eigenvalue weighted by molar-refractivity contribution is -0.115. The Morgan fingerprint density at radius 2 is 2.24 bits per heavy atom. The molecule has 1 N–H and O–H groups in total. The third kappa shape index (κ3) is 2.38. The molecule has 1 heterocycles. The Labute approximate surface area is 101 Å². The van der Waals surface area contributed by atoms with Gasteiger partial charge in [0, 0.05) is 17.2 Å². The van der Waals surface area contributed by atoms with Gasteiger partial charge in [0.1, 0.15) is 0 Å². The lowest BCUT2D eigenvalue weighted by Crippen LogP contribution is -2.11. The van der Waals surface area contributed by atoms with Gasteiger partial charge in [-0.1, -0.05) is 20.3 Å². The van der Waals surface area contributed by atoms with E-state index in [1.54, 1.807) is 6.07 Å². The molecular weight excluding hydrogens is 214 g/mol. The SMILES string of the molecule is CCCC(C)C(=O)c1ccc2c(c1)CC(=O)N2. The fourth-order valence-electron chi connectivity index (χ4n) is 2.23. The van der Waals surface area contributed by atoms with Crippen LogP contribution in [0.15, 0.2) is 18.2 Å². The average molecular weight is 231 g/mol. The van der Waals surface area contributed by atoms with Crippen LogP contribution in [-0.2, 0) is 11.2 Å². The minimum atomic E-state index is 0.00575.